The Morgan fingerprint density at radius 3 is 2.18 bits per heavy atom. The van der Waals surface area contributed by atoms with Gasteiger partial charge in [-0.3, -0.25) is 4.79 Å². The van der Waals surface area contributed by atoms with Crippen molar-refractivity contribution in [1.82, 2.24) is 0 Å². The molecule has 7 heteroatoms. The highest BCUT2D eigenvalue weighted by atomic mass is 16.5. The number of anilines is 1. The van der Waals surface area contributed by atoms with Crippen molar-refractivity contribution in [2.75, 3.05) is 19.5 Å². The van der Waals surface area contributed by atoms with E-state index in [2.05, 4.69) is 5.32 Å². The molecule has 170 valence electrons. The normalized spacial score (nSPS) is 11.5. The molecule has 1 atom stereocenters. The summed E-state index contributed by atoms with van der Waals surface area (Å²) in [5, 5.41) is 2.71. The topological polar surface area (TPSA) is 83.1 Å². The minimum absolute atomic E-state index is 0.445. The minimum atomic E-state index is -0.979. The van der Waals surface area contributed by atoms with E-state index in [-0.39, 0.29) is 0 Å². The number of ether oxygens (including phenoxy) is 4. The molecule has 33 heavy (non-hydrogen) atoms. The number of nitrogens with one attached hydrogen (secondary N) is 1. The first-order valence-electron chi connectivity index (χ1n) is 10.2. The second-order valence-corrected chi connectivity index (χ2v) is 6.96. The van der Waals surface area contributed by atoms with E-state index in [1.807, 2.05) is 30.3 Å². The number of methoxy groups -OCH3 is 2. The van der Waals surface area contributed by atoms with Crippen molar-refractivity contribution in [2.45, 2.75) is 13.0 Å². The lowest BCUT2D eigenvalue weighted by atomic mass is 10.2. The van der Waals surface area contributed by atoms with Crippen LogP contribution >= 0.6 is 0 Å². The number of esters is 1. The summed E-state index contributed by atoms with van der Waals surface area (Å²) in [7, 11) is 3.08. The molecule has 7 nitrogen and oxygen atoms in total. The summed E-state index contributed by atoms with van der Waals surface area (Å²) in [5.74, 6) is 1.40. The van der Waals surface area contributed by atoms with Gasteiger partial charge in [-0.05, 0) is 67.1 Å². The summed E-state index contributed by atoms with van der Waals surface area (Å²) in [6, 6.07) is 21.5. The van der Waals surface area contributed by atoms with Crippen molar-refractivity contribution in [3.05, 3.63) is 84.4 Å². The SMILES string of the molecule is COc1ccc(/C=C/C(=O)OC(C)C(=O)Nc2ccc(Oc3ccccc3)cc2)cc1OC. The second-order valence-electron chi connectivity index (χ2n) is 6.96. The van der Waals surface area contributed by atoms with Gasteiger partial charge >= 0.3 is 5.97 Å². The number of amides is 1. The predicted octanol–water partition coefficient (Wildman–Crippen LogP) is 5.08. The quantitative estimate of drug-likeness (QED) is 0.364. The van der Waals surface area contributed by atoms with Gasteiger partial charge in [-0.2, -0.15) is 0 Å². The van der Waals surface area contributed by atoms with Crippen LogP contribution in [-0.4, -0.2) is 32.2 Å². The molecule has 0 heterocycles. The molecule has 0 radical (unpaired) electrons. The van der Waals surface area contributed by atoms with E-state index in [9.17, 15) is 9.59 Å². The van der Waals surface area contributed by atoms with Gasteiger partial charge in [-0.15, -0.1) is 0 Å². The van der Waals surface area contributed by atoms with Gasteiger partial charge in [-0.1, -0.05) is 24.3 Å². The van der Waals surface area contributed by atoms with Gasteiger partial charge in [0, 0.05) is 11.8 Å². The highest BCUT2D eigenvalue weighted by molar-refractivity contribution is 5.96. The van der Waals surface area contributed by atoms with Crippen LogP contribution in [0.5, 0.6) is 23.0 Å². The molecule has 3 rings (SSSR count). The van der Waals surface area contributed by atoms with Crippen molar-refractivity contribution in [3.63, 3.8) is 0 Å². The summed E-state index contributed by atoms with van der Waals surface area (Å²) in [4.78, 5) is 24.5. The fourth-order valence-corrected chi connectivity index (χ4v) is 2.86. The van der Waals surface area contributed by atoms with Crippen LogP contribution in [0.2, 0.25) is 0 Å². The van der Waals surface area contributed by atoms with Gasteiger partial charge < -0.3 is 24.3 Å². The number of benzene rings is 3. The van der Waals surface area contributed by atoms with Crippen LogP contribution in [0.15, 0.2) is 78.9 Å². The molecule has 3 aromatic carbocycles. The van der Waals surface area contributed by atoms with Gasteiger partial charge in [0.25, 0.3) is 5.91 Å². The summed E-state index contributed by atoms with van der Waals surface area (Å²) >= 11 is 0. The highest BCUT2D eigenvalue weighted by Crippen LogP contribution is 2.28. The molecule has 0 saturated heterocycles. The number of carbonyl (C=O) groups is 2. The molecule has 0 aliphatic heterocycles. The summed E-state index contributed by atoms with van der Waals surface area (Å²) in [6.45, 7) is 1.50. The maximum absolute atomic E-state index is 12.4. The number of carbonyl (C=O) groups excluding carboxylic acids is 2. The summed E-state index contributed by atoms with van der Waals surface area (Å²) in [5.41, 5.74) is 1.28. The highest BCUT2D eigenvalue weighted by Gasteiger charge is 2.17. The van der Waals surface area contributed by atoms with Crippen LogP contribution in [0.4, 0.5) is 5.69 Å². The molecule has 0 aromatic heterocycles. The minimum Gasteiger partial charge on any atom is -0.493 e. The summed E-state index contributed by atoms with van der Waals surface area (Å²) in [6.07, 6.45) is 1.84. The van der Waals surface area contributed by atoms with E-state index in [4.69, 9.17) is 18.9 Å². The van der Waals surface area contributed by atoms with Crippen LogP contribution in [0.1, 0.15) is 12.5 Å². The van der Waals surface area contributed by atoms with E-state index in [1.165, 1.54) is 20.1 Å². The molecule has 1 amide bonds. The number of rotatable bonds is 9. The molecular weight excluding hydrogens is 422 g/mol. The Kier molecular flexibility index (Phi) is 8.07. The Balaban J connectivity index is 1.51. The van der Waals surface area contributed by atoms with Gasteiger partial charge in [0.1, 0.15) is 11.5 Å². The largest absolute Gasteiger partial charge is 0.493 e. The van der Waals surface area contributed by atoms with E-state index in [1.54, 1.807) is 55.7 Å². The lowest BCUT2D eigenvalue weighted by molar-refractivity contribution is -0.148. The molecule has 0 bridgehead atoms. The predicted molar refractivity (Wildman–Crippen MR) is 126 cm³/mol. The number of hydrogen-bond donors (Lipinski definition) is 1. The third kappa shape index (κ3) is 6.87. The molecule has 0 fully saturated rings. The zero-order chi connectivity index (χ0) is 23.6. The monoisotopic (exact) mass is 447 g/mol. The third-order valence-corrected chi connectivity index (χ3v) is 4.58. The molecule has 3 aromatic rings. The first kappa shape index (κ1) is 23.4. The van der Waals surface area contributed by atoms with E-state index in [0.29, 0.717) is 22.9 Å². The Morgan fingerprint density at radius 2 is 1.52 bits per heavy atom. The Morgan fingerprint density at radius 1 is 0.848 bits per heavy atom. The van der Waals surface area contributed by atoms with Crippen molar-refractivity contribution in [3.8, 4) is 23.0 Å². The number of para-hydroxylation sites is 1. The Hall–Kier alpha value is -4.26. The van der Waals surface area contributed by atoms with Gasteiger partial charge in [0.05, 0.1) is 14.2 Å². The Labute approximate surface area is 192 Å². The molecule has 0 aliphatic rings. The zero-order valence-corrected chi connectivity index (χ0v) is 18.6. The Bertz CT molecular complexity index is 1110. The smallest absolute Gasteiger partial charge is 0.331 e. The van der Waals surface area contributed by atoms with Gasteiger partial charge in [0.2, 0.25) is 0 Å². The zero-order valence-electron chi connectivity index (χ0n) is 18.6. The first-order chi connectivity index (χ1) is 16.0. The van der Waals surface area contributed by atoms with E-state index in [0.717, 1.165) is 11.3 Å². The lowest BCUT2D eigenvalue weighted by Gasteiger charge is -2.13. The van der Waals surface area contributed by atoms with Crippen LogP contribution in [0.3, 0.4) is 0 Å². The maximum atomic E-state index is 12.4. The molecule has 1 unspecified atom stereocenters. The standard InChI is InChI=1S/C26H25NO6/c1-18(32-25(28)16-10-19-9-15-23(30-2)24(17-19)31-3)26(29)27-20-11-13-22(14-12-20)33-21-7-5-4-6-8-21/h4-18H,1-3H3,(H,27,29)/b16-10+. The fourth-order valence-electron chi connectivity index (χ4n) is 2.86. The number of hydrogen-bond acceptors (Lipinski definition) is 6. The van der Waals surface area contributed by atoms with Crippen LogP contribution in [0, 0.1) is 0 Å². The van der Waals surface area contributed by atoms with Gasteiger partial charge in [-0.25, -0.2) is 4.79 Å². The molecule has 0 aliphatic carbocycles. The molecule has 0 saturated carbocycles. The molecule has 0 spiro atoms. The fraction of sp³-hybridized carbons (Fsp3) is 0.154. The van der Waals surface area contributed by atoms with E-state index >= 15 is 0 Å². The van der Waals surface area contributed by atoms with Crippen molar-refractivity contribution < 1.29 is 28.5 Å². The van der Waals surface area contributed by atoms with Crippen molar-refractivity contribution >= 4 is 23.6 Å². The first-order valence-corrected chi connectivity index (χ1v) is 10.2. The molecular formula is C26H25NO6. The average molecular weight is 447 g/mol. The van der Waals surface area contributed by atoms with Crippen LogP contribution < -0.4 is 19.5 Å². The lowest BCUT2D eigenvalue weighted by Crippen LogP contribution is -2.29. The van der Waals surface area contributed by atoms with Crippen molar-refractivity contribution in [2.24, 2.45) is 0 Å². The third-order valence-electron chi connectivity index (χ3n) is 4.58. The molecule has 1 N–H and O–H groups in total. The second kappa shape index (κ2) is 11.4. The van der Waals surface area contributed by atoms with E-state index < -0.39 is 18.0 Å². The summed E-state index contributed by atoms with van der Waals surface area (Å²) < 4.78 is 21.3. The van der Waals surface area contributed by atoms with Gasteiger partial charge in [0.15, 0.2) is 17.6 Å². The maximum Gasteiger partial charge on any atom is 0.331 e. The van der Waals surface area contributed by atoms with Crippen molar-refractivity contribution in [1.29, 1.82) is 0 Å². The average Bonchev–Trinajstić information content (AvgIpc) is 2.84. The van der Waals surface area contributed by atoms with Crippen LogP contribution in [-0.2, 0) is 14.3 Å². The van der Waals surface area contributed by atoms with Crippen LogP contribution in [0.25, 0.3) is 6.08 Å².